The third-order valence-electron chi connectivity index (χ3n) is 4.05. The number of aryl methyl sites for hydroxylation is 1. The van der Waals surface area contributed by atoms with E-state index in [4.69, 9.17) is 4.74 Å². The number of ether oxygens (including phenoxy) is 1. The fourth-order valence-corrected chi connectivity index (χ4v) is 2.77. The molecule has 0 aliphatic heterocycles. The van der Waals surface area contributed by atoms with Gasteiger partial charge < -0.3 is 15.2 Å². The lowest BCUT2D eigenvalue weighted by atomic mass is 9.76. The van der Waals surface area contributed by atoms with Crippen molar-refractivity contribution in [3.63, 3.8) is 0 Å². The van der Waals surface area contributed by atoms with Gasteiger partial charge in [-0.3, -0.25) is 0 Å². The molecule has 2 unspecified atom stereocenters. The Bertz CT molecular complexity index is 419. The summed E-state index contributed by atoms with van der Waals surface area (Å²) in [5, 5.41) is 14.1. The molecular formula is C15H23NO2. The highest BCUT2D eigenvalue weighted by Crippen LogP contribution is 2.33. The van der Waals surface area contributed by atoms with E-state index < -0.39 is 5.60 Å². The van der Waals surface area contributed by atoms with Crippen LogP contribution in [0.5, 0.6) is 5.75 Å². The summed E-state index contributed by atoms with van der Waals surface area (Å²) in [6.07, 6.45) is 2.46. The second-order valence-corrected chi connectivity index (χ2v) is 5.19. The van der Waals surface area contributed by atoms with Crippen LogP contribution in [0.1, 0.15) is 31.4 Å². The fourth-order valence-electron chi connectivity index (χ4n) is 2.77. The molecule has 0 bridgehead atoms. The van der Waals surface area contributed by atoms with Gasteiger partial charge in [0.15, 0.2) is 0 Å². The molecule has 1 aromatic carbocycles. The molecule has 0 heterocycles. The quantitative estimate of drug-likeness (QED) is 0.856. The Morgan fingerprint density at radius 2 is 2.22 bits per heavy atom. The van der Waals surface area contributed by atoms with Crippen LogP contribution in [0.4, 0.5) is 0 Å². The molecule has 18 heavy (non-hydrogen) atoms. The summed E-state index contributed by atoms with van der Waals surface area (Å²) in [6.45, 7) is 5.02. The Balaban J connectivity index is 2.22. The van der Waals surface area contributed by atoms with Crippen LogP contribution in [0.25, 0.3) is 0 Å². The topological polar surface area (TPSA) is 41.5 Å². The third-order valence-corrected chi connectivity index (χ3v) is 4.05. The van der Waals surface area contributed by atoms with Crippen LogP contribution in [-0.4, -0.2) is 30.4 Å². The molecule has 0 aromatic heterocycles. The smallest absolute Gasteiger partial charge is 0.119 e. The van der Waals surface area contributed by atoms with Gasteiger partial charge in [0.2, 0.25) is 0 Å². The lowest BCUT2D eigenvalue weighted by Crippen LogP contribution is -2.52. The standard InChI is InChI=1S/C15H23NO2/c1-4-16-11(2)15(17)8-7-12-5-6-14(18-3)9-13(12)10-15/h5-6,9,11,16-17H,4,7-8,10H2,1-3H3. The summed E-state index contributed by atoms with van der Waals surface area (Å²) in [4.78, 5) is 0. The molecule has 1 aliphatic rings. The van der Waals surface area contributed by atoms with E-state index in [2.05, 4.69) is 31.3 Å². The molecule has 0 spiro atoms. The summed E-state index contributed by atoms with van der Waals surface area (Å²) in [6, 6.07) is 6.28. The molecule has 2 atom stereocenters. The fraction of sp³-hybridized carbons (Fsp3) is 0.600. The molecule has 1 aromatic rings. The summed E-state index contributed by atoms with van der Waals surface area (Å²) >= 11 is 0. The molecule has 0 radical (unpaired) electrons. The summed E-state index contributed by atoms with van der Waals surface area (Å²) in [5.41, 5.74) is 1.91. The van der Waals surface area contributed by atoms with Gasteiger partial charge in [0, 0.05) is 12.5 Å². The van der Waals surface area contributed by atoms with Crippen LogP contribution in [0, 0.1) is 0 Å². The third kappa shape index (κ3) is 2.52. The average molecular weight is 249 g/mol. The molecule has 2 rings (SSSR count). The predicted octanol–water partition coefficient (Wildman–Crippen LogP) is 1.91. The molecule has 2 N–H and O–H groups in total. The Kier molecular flexibility index (Phi) is 3.93. The number of rotatable bonds is 4. The zero-order valence-corrected chi connectivity index (χ0v) is 11.5. The predicted molar refractivity (Wildman–Crippen MR) is 73.1 cm³/mol. The highest BCUT2D eigenvalue weighted by Gasteiger charge is 2.36. The molecule has 0 saturated heterocycles. The lowest BCUT2D eigenvalue weighted by Gasteiger charge is -2.38. The minimum absolute atomic E-state index is 0.113. The minimum atomic E-state index is -0.643. The van der Waals surface area contributed by atoms with Crippen LogP contribution < -0.4 is 10.1 Å². The Labute approximate surface area is 109 Å². The van der Waals surface area contributed by atoms with Gasteiger partial charge in [-0.1, -0.05) is 13.0 Å². The minimum Gasteiger partial charge on any atom is -0.497 e. The number of likely N-dealkylation sites (N-methyl/N-ethyl adjacent to an activating group) is 1. The van der Waals surface area contributed by atoms with E-state index in [1.54, 1.807) is 7.11 Å². The number of nitrogens with one attached hydrogen (secondary N) is 1. The highest BCUT2D eigenvalue weighted by molar-refractivity contribution is 5.38. The van der Waals surface area contributed by atoms with Crippen molar-refractivity contribution in [2.75, 3.05) is 13.7 Å². The first-order chi connectivity index (χ1) is 8.59. The average Bonchev–Trinajstić information content (AvgIpc) is 2.38. The van der Waals surface area contributed by atoms with Crippen LogP contribution in [0.2, 0.25) is 0 Å². The van der Waals surface area contributed by atoms with Crippen LogP contribution in [0.3, 0.4) is 0 Å². The van der Waals surface area contributed by atoms with E-state index in [0.717, 1.165) is 25.1 Å². The molecular weight excluding hydrogens is 226 g/mol. The summed E-state index contributed by atoms with van der Waals surface area (Å²) < 4.78 is 5.26. The van der Waals surface area contributed by atoms with Crippen molar-refractivity contribution in [1.82, 2.24) is 5.32 Å². The van der Waals surface area contributed by atoms with Gasteiger partial charge in [-0.05, 0) is 49.6 Å². The Morgan fingerprint density at radius 1 is 1.44 bits per heavy atom. The molecule has 0 saturated carbocycles. The van der Waals surface area contributed by atoms with E-state index >= 15 is 0 Å². The van der Waals surface area contributed by atoms with Crippen molar-refractivity contribution < 1.29 is 9.84 Å². The second-order valence-electron chi connectivity index (χ2n) is 5.19. The summed E-state index contributed by atoms with van der Waals surface area (Å²) in [5.74, 6) is 0.870. The molecule has 1 aliphatic carbocycles. The van der Waals surface area contributed by atoms with Crippen molar-refractivity contribution in [3.05, 3.63) is 29.3 Å². The van der Waals surface area contributed by atoms with E-state index in [1.165, 1.54) is 11.1 Å². The summed E-state index contributed by atoms with van der Waals surface area (Å²) in [7, 11) is 1.68. The van der Waals surface area contributed by atoms with Crippen molar-refractivity contribution >= 4 is 0 Å². The number of fused-ring (bicyclic) bond motifs is 1. The van der Waals surface area contributed by atoms with Gasteiger partial charge in [0.1, 0.15) is 5.75 Å². The second kappa shape index (κ2) is 5.29. The first kappa shape index (κ1) is 13.4. The van der Waals surface area contributed by atoms with Gasteiger partial charge >= 0.3 is 0 Å². The number of aliphatic hydroxyl groups is 1. The van der Waals surface area contributed by atoms with E-state index in [-0.39, 0.29) is 6.04 Å². The maximum atomic E-state index is 10.8. The molecule has 3 nitrogen and oxygen atoms in total. The Hall–Kier alpha value is -1.06. The molecule has 3 heteroatoms. The SMILES string of the molecule is CCNC(C)C1(O)CCc2ccc(OC)cc2C1. The van der Waals surface area contributed by atoms with Gasteiger partial charge in [0.05, 0.1) is 12.7 Å². The molecule has 0 fully saturated rings. The van der Waals surface area contributed by atoms with Crippen molar-refractivity contribution in [2.24, 2.45) is 0 Å². The normalized spacial score (nSPS) is 24.4. The lowest BCUT2D eigenvalue weighted by molar-refractivity contribution is -0.00478. The number of benzene rings is 1. The zero-order chi connectivity index (χ0) is 13.2. The zero-order valence-electron chi connectivity index (χ0n) is 11.5. The first-order valence-electron chi connectivity index (χ1n) is 6.70. The van der Waals surface area contributed by atoms with Crippen LogP contribution in [0.15, 0.2) is 18.2 Å². The highest BCUT2D eigenvalue weighted by atomic mass is 16.5. The maximum absolute atomic E-state index is 10.8. The monoisotopic (exact) mass is 249 g/mol. The first-order valence-corrected chi connectivity index (χ1v) is 6.70. The van der Waals surface area contributed by atoms with E-state index in [9.17, 15) is 5.11 Å². The van der Waals surface area contributed by atoms with Crippen LogP contribution >= 0.6 is 0 Å². The van der Waals surface area contributed by atoms with Crippen molar-refractivity contribution in [3.8, 4) is 5.75 Å². The van der Waals surface area contributed by atoms with Gasteiger partial charge in [-0.2, -0.15) is 0 Å². The molecule has 0 amide bonds. The van der Waals surface area contributed by atoms with Gasteiger partial charge in [-0.15, -0.1) is 0 Å². The van der Waals surface area contributed by atoms with Gasteiger partial charge in [0.25, 0.3) is 0 Å². The van der Waals surface area contributed by atoms with Crippen LogP contribution in [-0.2, 0) is 12.8 Å². The maximum Gasteiger partial charge on any atom is 0.119 e. The Morgan fingerprint density at radius 3 is 2.89 bits per heavy atom. The number of methoxy groups -OCH3 is 1. The largest absolute Gasteiger partial charge is 0.497 e. The van der Waals surface area contributed by atoms with Crippen molar-refractivity contribution in [1.29, 1.82) is 0 Å². The van der Waals surface area contributed by atoms with E-state index in [0.29, 0.717) is 6.42 Å². The van der Waals surface area contributed by atoms with Gasteiger partial charge in [-0.25, -0.2) is 0 Å². The number of hydrogen-bond acceptors (Lipinski definition) is 3. The van der Waals surface area contributed by atoms with Crippen molar-refractivity contribution in [2.45, 2.75) is 44.8 Å². The van der Waals surface area contributed by atoms with E-state index in [1.807, 2.05) is 6.07 Å². The molecule has 100 valence electrons. The number of hydrogen-bond donors (Lipinski definition) is 2.